The second-order valence-corrected chi connectivity index (χ2v) is 2.88. The monoisotopic (exact) mass is 176 g/mol. The van der Waals surface area contributed by atoms with Crippen molar-refractivity contribution in [2.24, 2.45) is 0 Å². The first kappa shape index (κ1) is 8.04. The number of aryl methyl sites for hydroxylation is 1. The van der Waals surface area contributed by atoms with Gasteiger partial charge in [0.2, 0.25) is 0 Å². The Hall–Kier alpha value is -1.58. The minimum absolute atomic E-state index is 0.832. The van der Waals surface area contributed by atoms with E-state index in [2.05, 4.69) is 22.3 Å². The predicted octanol–water partition coefficient (Wildman–Crippen LogP) is 1.33. The van der Waals surface area contributed by atoms with Gasteiger partial charge in [-0.3, -0.25) is 0 Å². The van der Waals surface area contributed by atoms with Crippen LogP contribution in [-0.4, -0.2) is 21.6 Å². The molecule has 2 aromatic rings. The lowest BCUT2D eigenvalue weighted by atomic mass is 10.2. The number of hydrogen-bond acceptors (Lipinski definition) is 3. The van der Waals surface area contributed by atoms with Crippen LogP contribution in [0.2, 0.25) is 0 Å². The van der Waals surface area contributed by atoms with E-state index in [1.165, 1.54) is 5.56 Å². The average molecular weight is 176 g/mol. The van der Waals surface area contributed by atoms with Crippen LogP contribution < -0.4 is 5.32 Å². The van der Waals surface area contributed by atoms with Crippen LogP contribution in [0.5, 0.6) is 0 Å². The molecule has 0 saturated heterocycles. The number of hydrogen-bond donors (Lipinski definition) is 1. The molecule has 0 spiro atoms. The molecule has 0 radical (unpaired) electrons. The Morgan fingerprint density at radius 1 is 1.46 bits per heavy atom. The number of nitrogens with one attached hydrogen (secondary N) is 1. The summed E-state index contributed by atoms with van der Waals surface area (Å²) in [5.74, 6) is 0.832. The molecule has 2 aromatic heterocycles. The topological polar surface area (TPSA) is 42.2 Å². The second-order valence-electron chi connectivity index (χ2n) is 2.88. The van der Waals surface area contributed by atoms with Crippen LogP contribution in [0, 0.1) is 0 Å². The fourth-order valence-electron chi connectivity index (χ4n) is 1.33. The summed E-state index contributed by atoms with van der Waals surface area (Å²) in [7, 11) is 1.85. The Morgan fingerprint density at radius 2 is 2.31 bits per heavy atom. The van der Waals surface area contributed by atoms with Gasteiger partial charge in [0, 0.05) is 7.05 Å². The fourth-order valence-corrected chi connectivity index (χ4v) is 1.33. The van der Waals surface area contributed by atoms with Crippen molar-refractivity contribution in [2.45, 2.75) is 13.3 Å². The molecule has 68 valence electrons. The summed E-state index contributed by atoms with van der Waals surface area (Å²) >= 11 is 0. The third kappa shape index (κ3) is 1.24. The van der Waals surface area contributed by atoms with Crippen molar-refractivity contribution in [3.8, 4) is 0 Å². The van der Waals surface area contributed by atoms with E-state index in [0.29, 0.717) is 0 Å². The van der Waals surface area contributed by atoms with Gasteiger partial charge in [0.15, 0.2) is 0 Å². The van der Waals surface area contributed by atoms with Gasteiger partial charge in [0.1, 0.15) is 5.82 Å². The molecule has 1 N–H and O–H groups in total. The Bertz CT molecular complexity index is 418. The third-order valence-corrected chi connectivity index (χ3v) is 2.12. The number of aromatic nitrogens is 3. The highest BCUT2D eigenvalue weighted by Crippen LogP contribution is 2.11. The second kappa shape index (κ2) is 3.05. The number of nitrogens with zero attached hydrogens (tertiary/aromatic N) is 3. The molecule has 2 rings (SSSR count). The molecule has 0 aromatic carbocycles. The van der Waals surface area contributed by atoms with Gasteiger partial charge in [0.05, 0.1) is 24.1 Å². The van der Waals surface area contributed by atoms with Crippen molar-refractivity contribution in [2.75, 3.05) is 12.4 Å². The van der Waals surface area contributed by atoms with E-state index in [1.54, 1.807) is 0 Å². The Kier molecular flexibility index (Phi) is 1.88. The van der Waals surface area contributed by atoms with Crippen LogP contribution in [0.4, 0.5) is 5.82 Å². The maximum absolute atomic E-state index is 4.23. The molecule has 4 nitrogen and oxygen atoms in total. The number of fused-ring (bicyclic) bond motifs is 1. The van der Waals surface area contributed by atoms with Crippen molar-refractivity contribution in [1.29, 1.82) is 0 Å². The normalized spacial score (nSPS) is 10.6. The molecule has 0 atom stereocenters. The first-order valence-corrected chi connectivity index (χ1v) is 4.35. The van der Waals surface area contributed by atoms with Crippen molar-refractivity contribution < 1.29 is 0 Å². The van der Waals surface area contributed by atoms with Gasteiger partial charge in [-0.15, -0.1) is 0 Å². The molecular weight excluding hydrogens is 164 g/mol. The summed E-state index contributed by atoms with van der Waals surface area (Å²) in [6.07, 6.45) is 6.60. The lowest BCUT2D eigenvalue weighted by Crippen LogP contribution is -1.96. The Balaban J connectivity index is 2.61. The lowest BCUT2D eigenvalue weighted by molar-refractivity contribution is 0.947. The van der Waals surface area contributed by atoms with Crippen LogP contribution in [-0.2, 0) is 6.42 Å². The highest BCUT2D eigenvalue weighted by molar-refractivity contribution is 5.54. The van der Waals surface area contributed by atoms with E-state index in [1.807, 2.05) is 30.2 Å². The van der Waals surface area contributed by atoms with E-state index >= 15 is 0 Å². The summed E-state index contributed by atoms with van der Waals surface area (Å²) in [6, 6.07) is 0. The Labute approximate surface area is 76.6 Å². The highest BCUT2D eigenvalue weighted by Gasteiger charge is 2.02. The standard InChI is InChI=1S/C9H12N4/c1-3-7-4-12-13-6-9(10-2)11-5-8(7)13/h4-6,10H,3H2,1-2H3. The van der Waals surface area contributed by atoms with Crippen molar-refractivity contribution in [3.05, 3.63) is 24.2 Å². The molecule has 0 aliphatic carbocycles. The smallest absolute Gasteiger partial charge is 0.144 e. The number of rotatable bonds is 2. The first-order valence-electron chi connectivity index (χ1n) is 4.35. The van der Waals surface area contributed by atoms with E-state index < -0.39 is 0 Å². The average Bonchev–Trinajstić information content (AvgIpc) is 2.59. The summed E-state index contributed by atoms with van der Waals surface area (Å²) in [4.78, 5) is 4.23. The molecule has 4 heteroatoms. The van der Waals surface area contributed by atoms with Crippen LogP contribution in [0.1, 0.15) is 12.5 Å². The van der Waals surface area contributed by atoms with Gasteiger partial charge >= 0.3 is 0 Å². The minimum Gasteiger partial charge on any atom is -0.372 e. The summed E-state index contributed by atoms with van der Waals surface area (Å²) < 4.78 is 1.84. The maximum Gasteiger partial charge on any atom is 0.144 e. The molecule has 0 fully saturated rings. The van der Waals surface area contributed by atoms with Crippen LogP contribution in [0.15, 0.2) is 18.6 Å². The molecule has 0 bridgehead atoms. The molecule has 0 amide bonds. The number of anilines is 1. The van der Waals surface area contributed by atoms with Crippen molar-refractivity contribution in [1.82, 2.24) is 14.6 Å². The molecule has 0 aliphatic rings. The quantitative estimate of drug-likeness (QED) is 0.750. The lowest BCUT2D eigenvalue weighted by Gasteiger charge is -1.99. The summed E-state index contributed by atoms with van der Waals surface area (Å²) in [5, 5.41) is 7.21. The van der Waals surface area contributed by atoms with E-state index in [-0.39, 0.29) is 0 Å². The molecule has 0 saturated carbocycles. The zero-order valence-electron chi connectivity index (χ0n) is 7.78. The molecule has 0 unspecified atom stereocenters. The molecule has 13 heavy (non-hydrogen) atoms. The molecule has 2 heterocycles. The first-order chi connectivity index (χ1) is 6.35. The molecular formula is C9H12N4. The van der Waals surface area contributed by atoms with Gasteiger partial charge in [0.25, 0.3) is 0 Å². The van der Waals surface area contributed by atoms with E-state index in [4.69, 9.17) is 0 Å². The predicted molar refractivity (Wildman–Crippen MR) is 51.9 cm³/mol. The van der Waals surface area contributed by atoms with Gasteiger partial charge in [-0.25, -0.2) is 9.50 Å². The maximum atomic E-state index is 4.23. The summed E-state index contributed by atoms with van der Waals surface area (Å²) in [6.45, 7) is 2.11. The minimum atomic E-state index is 0.832. The van der Waals surface area contributed by atoms with Crippen LogP contribution >= 0.6 is 0 Å². The van der Waals surface area contributed by atoms with Gasteiger partial charge in [-0.1, -0.05) is 6.92 Å². The zero-order valence-corrected chi connectivity index (χ0v) is 7.78. The molecule has 0 aliphatic heterocycles. The van der Waals surface area contributed by atoms with Crippen LogP contribution in [0.25, 0.3) is 5.52 Å². The fraction of sp³-hybridized carbons (Fsp3) is 0.333. The largest absolute Gasteiger partial charge is 0.372 e. The van der Waals surface area contributed by atoms with Gasteiger partial charge in [-0.05, 0) is 12.0 Å². The van der Waals surface area contributed by atoms with E-state index in [9.17, 15) is 0 Å². The Morgan fingerprint density at radius 3 is 3.00 bits per heavy atom. The van der Waals surface area contributed by atoms with Gasteiger partial charge < -0.3 is 5.32 Å². The highest BCUT2D eigenvalue weighted by atomic mass is 15.2. The zero-order chi connectivity index (χ0) is 9.26. The van der Waals surface area contributed by atoms with E-state index in [0.717, 1.165) is 17.8 Å². The SMILES string of the molecule is CCc1cnn2cc(NC)ncc12. The third-order valence-electron chi connectivity index (χ3n) is 2.12. The van der Waals surface area contributed by atoms with Gasteiger partial charge in [-0.2, -0.15) is 5.10 Å². The van der Waals surface area contributed by atoms with Crippen LogP contribution in [0.3, 0.4) is 0 Å². The summed E-state index contributed by atoms with van der Waals surface area (Å²) in [5.41, 5.74) is 2.32. The van der Waals surface area contributed by atoms with Crippen molar-refractivity contribution >= 4 is 11.3 Å². The van der Waals surface area contributed by atoms with Crippen molar-refractivity contribution in [3.63, 3.8) is 0 Å².